The normalized spacial score (nSPS) is 20.8. The van der Waals surface area contributed by atoms with Crippen molar-refractivity contribution in [3.63, 3.8) is 0 Å². The topological polar surface area (TPSA) is 21.3 Å². The van der Waals surface area contributed by atoms with Gasteiger partial charge >= 0.3 is 0 Å². The van der Waals surface area contributed by atoms with Gasteiger partial charge in [-0.2, -0.15) is 0 Å². The summed E-state index contributed by atoms with van der Waals surface area (Å²) in [7, 11) is 0. The second kappa shape index (κ2) is 5.39. The molecule has 0 saturated carbocycles. The minimum absolute atomic E-state index is 0. The van der Waals surface area contributed by atoms with Gasteiger partial charge in [0.25, 0.3) is 0 Å². The van der Waals surface area contributed by atoms with Crippen LogP contribution in [0.4, 0.5) is 8.78 Å². The fourth-order valence-electron chi connectivity index (χ4n) is 1.54. The van der Waals surface area contributed by atoms with Crippen LogP contribution in [0, 0.1) is 11.6 Å². The van der Waals surface area contributed by atoms with Gasteiger partial charge in [-0.15, -0.1) is 12.4 Å². The van der Waals surface area contributed by atoms with Gasteiger partial charge in [-0.25, -0.2) is 8.78 Å². The van der Waals surface area contributed by atoms with Gasteiger partial charge in [0.15, 0.2) is 0 Å². The van der Waals surface area contributed by atoms with Crippen LogP contribution in [0.3, 0.4) is 0 Å². The van der Waals surface area contributed by atoms with E-state index in [-0.39, 0.29) is 18.5 Å². The van der Waals surface area contributed by atoms with Crippen LogP contribution in [-0.4, -0.2) is 19.7 Å². The van der Waals surface area contributed by atoms with Crippen LogP contribution in [-0.2, 0) is 4.74 Å². The van der Waals surface area contributed by atoms with Gasteiger partial charge < -0.3 is 10.1 Å². The average Bonchev–Trinajstić information content (AvgIpc) is 2.18. The number of halogens is 3. The molecular weight excluding hydrogens is 224 g/mol. The highest BCUT2D eigenvalue weighted by Crippen LogP contribution is 2.20. The molecule has 1 heterocycles. The monoisotopic (exact) mass is 235 g/mol. The van der Waals surface area contributed by atoms with Crippen LogP contribution >= 0.6 is 12.4 Å². The van der Waals surface area contributed by atoms with Crippen LogP contribution in [0.1, 0.15) is 11.7 Å². The third-order valence-corrected chi connectivity index (χ3v) is 2.18. The summed E-state index contributed by atoms with van der Waals surface area (Å²) >= 11 is 0. The lowest BCUT2D eigenvalue weighted by atomic mass is 10.1. The molecule has 5 heteroatoms. The van der Waals surface area contributed by atoms with Crippen molar-refractivity contribution < 1.29 is 13.5 Å². The SMILES string of the molecule is Cl.Fc1cc(F)cc(C2CNCCO2)c1. The van der Waals surface area contributed by atoms with Crippen LogP contribution < -0.4 is 5.32 Å². The summed E-state index contributed by atoms with van der Waals surface area (Å²) in [5.41, 5.74) is 0.551. The maximum absolute atomic E-state index is 12.9. The Morgan fingerprint density at radius 3 is 2.40 bits per heavy atom. The predicted octanol–water partition coefficient (Wildman–Crippen LogP) is 2.05. The van der Waals surface area contributed by atoms with Crippen LogP contribution in [0.5, 0.6) is 0 Å². The van der Waals surface area contributed by atoms with E-state index in [9.17, 15) is 8.78 Å². The van der Waals surface area contributed by atoms with E-state index in [1.165, 1.54) is 12.1 Å². The van der Waals surface area contributed by atoms with E-state index >= 15 is 0 Å². The molecule has 2 rings (SSSR count). The quantitative estimate of drug-likeness (QED) is 0.805. The summed E-state index contributed by atoms with van der Waals surface area (Å²) in [6.45, 7) is 1.96. The Labute approximate surface area is 93.0 Å². The molecule has 1 aliphatic heterocycles. The maximum atomic E-state index is 12.9. The first kappa shape index (κ1) is 12.4. The fraction of sp³-hybridized carbons (Fsp3) is 0.400. The molecule has 1 aromatic rings. The van der Waals surface area contributed by atoms with Gasteiger partial charge in [0.05, 0.1) is 12.7 Å². The van der Waals surface area contributed by atoms with Crippen LogP contribution in [0.2, 0.25) is 0 Å². The predicted molar refractivity (Wildman–Crippen MR) is 55.2 cm³/mol. The first-order valence-electron chi connectivity index (χ1n) is 4.54. The lowest BCUT2D eigenvalue weighted by Crippen LogP contribution is -2.33. The van der Waals surface area contributed by atoms with Crippen molar-refractivity contribution in [2.75, 3.05) is 19.7 Å². The molecule has 1 N–H and O–H groups in total. The molecule has 1 fully saturated rings. The fourth-order valence-corrected chi connectivity index (χ4v) is 1.54. The Morgan fingerprint density at radius 1 is 1.20 bits per heavy atom. The maximum Gasteiger partial charge on any atom is 0.126 e. The minimum atomic E-state index is -0.561. The first-order valence-corrected chi connectivity index (χ1v) is 4.54. The van der Waals surface area contributed by atoms with Gasteiger partial charge in [-0.3, -0.25) is 0 Å². The van der Waals surface area contributed by atoms with Crippen molar-refractivity contribution in [1.29, 1.82) is 0 Å². The molecule has 2 nitrogen and oxygen atoms in total. The molecule has 0 spiro atoms. The van der Waals surface area contributed by atoms with Gasteiger partial charge in [0.1, 0.15) is 11.6 Å². The summed E-state index contributed by atoms with van der Waals surface area (Å²) in [5.74, 6) is -1.12. The minimum Gasteiger partial charge on any atom is -0.371 e. The largest absolute Gasteiger partial charge is 0.371 e. The molecule has 15 heavy (non-hydrogen) atoms. The number of rotatable bonds is 1. The Balaban J connectivity index is 0.00000112. The van der Waals surface area contributed by atoms with Gasteiger partial charge in [-0.05, 0) is 17.7 Å². The number of benzene rings is 1. The molecule has 0 radical (unpaired) electrons. The first-order chi connectivity index (χ1) is 6.75. The van der Waals surface area contributed by atoms with E-state index in [2.05, 4.69) is 5.32 Å². The second-order valence-corrected chi connectivity index (χ2v) is 3.27. The second-order valence-electron chi connectivity index (χ2n) is 3.27. The molecule has 1 aromatic carbocycles. The summed E-state index contributed by atoms with van der Waals surface area (Å²) in [6, 6.07) is 3.47. The molecular formula is C10H12ClF2NO. The standard InChI is InChI=1S/C10H11F2NO.ClH/c11-8-3-7(4-9(12)5-8)10-6-13-1-2-14-10;/h3-5,10,13H,1-2,6H2;1H. The zero-order valence-electron chi connectivity index (χ0n) is 8.00. The zero-order valence-corrected chi connectivity index (χ0v) is 8.82. The number of hydrogen-bond acceptors (Lipinski definition) is 2. The van der Waals surface area contributed by atoms with Crippen molar-refractivity contribution in [3.8, 4) is 0 Å². The Morgan fingerprint density at radius 2 is 1.87 bits per heavy atom. The molecule has 1 aliphatic rings. The van der Waals surface area contributed by atoms with E-state index in [4.69, 9.17) is 4.74 Å². The lowest BCUT2D eigenvalue weighted by Gasteiger charge is -2.23. The Hall–Kier alpha value is -0.710. The van der Waals surface area contributed by atoms with E-state index in [1.807, 2.05) is 0 Å². The Bertz CT molecular complexity index is 309. The van der Waals surface area contributed by atoms with Crippen molar-refractivity contribution in [2.24, 2.45) is 0 Å². The van der Waals surface area contributed by atoms with Crippen molar-refractivity contribution in [1.82, 2.24) is 5.32 Å². The number of ether oxygens (including phenoxy) is 1. The highest BCUT2D eigenvalue weighted by Gasteiger charge is 2.16. The summed E-state index contributed by atoms with van der Waals surface area (Å²) in [6.07, 6.45) is -0.242. The van der Waals surface area contributed by atoms with E-state index in [0.29, 0.717) is 18.7 Å². The molecule has 0 bridgehead atoms. The number of nitrogens with one attached hydrogen (secondary N) is 1. The van der Waals surface area contributed by atoms with E-state index in [1.54, 1.807) is 0 Å². The zero-order chi connectivity index (χ0) is 9.97. The third-order valence-electron chi connectivity index (χ3n) is 2.18. The lowest BCUT2D eigenvalue weighted by molar-refractivity contribution is 0.0273. The molecule has 1 saturated heterocycles. The number of morpholine rings is 1. The molecule has 0 aromatic heterocycles. The summed E-state index contributed by atoms with van der Waals surface area (Å²) < 4.78 is 31.1. The molecule has 0 amide bonds. The smallest absolute Gasteiger partial charge is 0.126 e. The molecule has 0 aliphatic carbocycles. The van der Waals surface area contributed by atoms with Gasteiger partial charge in [0, 0.05) is 19.2 Å². The van der Waals surface area contributed by atoms with Crippen LogP contribution in [0.25, 0.3) is 0 Å². The van der Waals surface area contributed by atoms with E-state index < -0.39 is 11.6 Å². The van der Waals surface area contributed by atoms with Crippen molar-refractivity contribution in [2.45, 2.75) is 6.10 Å². The summed E-state index contributed by atoms with van der Waals surface area (Å²) in [5, 5.41) is 3.10. The highest BCUT2D eigenvalue weighted by atomic mass is 35.5. The number of hydrogen-bond donors (Lipinski definition) is 1. The average molecular weight is 236 g/mol. The van der Waals surface area contributed by atoms with Crippen molar-refractivity contribution in [3.05, 3.63) is 35.4 Å². The molecule has 1 atom stereocenters. The Kier molecular flexibility index (Phi) is 4.45. The third kappa shape index (κ3) is 3.12. The molecule has 84 valence electrons. The van der Waals surface area contributed by atoms with Gasteiger partial charge in [0.2, 0.25) is 0 Å². The van der Waals surface area contributed by atoms with Crippen molar-refractivity contribution >= 4 is 12.4 Å². The van der Waals surface area contributed by atoms with E-state index in [0.717, 1.165) is 12.6 Å². The highest BCUT2D eigenvalue weighted by molar-refractivity contribution is 5.85. The summed E-state index contributed by atoms with van der Waals surface area (Å²) in [4.78, 5) is 0. The molecule has 1 unspecified atom stereocenters. The van der Waals surface area contributed by atoms with Gasteiger partial charge in [-0.1, -0.05) is 0 Å². The van der Waals surface area contributed by atoms with Crippen LogP contribution in [0.15, 0.2) is 18.2 Å².